The van der Waals surface area contributed by atoms with Crippen molar-refractivity contribution in [3.05, 3.63) is 34.7 Å². The first-order valence-corrected chi connectivity index (χ1v) is 11.7. The van der Waals surface area contributed by atoms with E-state index < -0.39 is 54.2 Å². The highest BCUT2D eigenvalue weighted by Crippen LogP contribution is 2.28. The highest BCUT2D eigenvalue weighted by molar-refractivity contribution is 6.30. The topological polar surface area (TPSA) is 139 Å². The number of piperidine rings is 1. The van der Waals surface area contributed by atoms with Crippen LogP contribution in [0.2, 0.25) is 5.02 Å². The van der Waals surface area contributed by atoms with E-state index in [2.05, 4.69) is 25.6 Å². The number of amides is 2. The summed E-state index contributed by atoms with van der Waals surface area (Å²) in [4.78, 5) is 43.6. The molecule has 202 valence electrons. The van der Waals surface area contributed by atoms with Gasteiger partial charge in [0.25, 0.3) is 5.91 Å². The Bertz CT molecular complexity index is 1130. The lowest BCUT2D eigenvalue weighted by Crippen LogP contribution is -2.47. The highest BCUT2D eigenvalue weighted by atomic mass is 35.5. The molecule has 3 heterocycles. The monoisotopic (exact) mass is 546 g/mol. The molecule has 3 rings (SSSR count). The molecule has 0 spiro atoms. The molecule has 3 N–H and O–H groups in total. The number of likely N-dealkylation sites (tertiary alicyclic amines) is 1. The molecule has 0 aromatic carbocycles. The lowest BCUT2D eigenvalue weighted by Gasteiger charge is -2.34. The maximum Gasteiger partial charge on any atom is 0.422 e. The van der Waals surface area contributed by atoms with Gasteiger partial charge in [-0.3, -0.25) is 9.59 Å². The van der Waals surface area contributed by atoms with Gasteiger partial charge in [-0.1, -0.05) is 11.6 Å². The molecule has 0 unspecified atom stereocenters. The summed E-state index contributed by atoms with van der Waals surface area (Å²) in [6, 6.07) is 2.86. The number of carbonyl (C=O) groups excluding carboxylic acids is 2. The number of hydrogen-bond donors (Lipinski definition) is 3. The van der Waals surface area contributed by atoms with Gasteiger partial charge in [-0.2, -0.15) is 18.3 Å². The Labute approximate surface area is 214 Å². The van der Waals surface area contributed by atoms with E-state index >= 15 is 0 Å². The number of rotatable bonds is 9. The molecule has 2 aromatic rings. The molecule has 37 heavy (non-hydrogen) atoms. The van der Waals surface area contributed by atoms with Crippen molar-refractivity contribution in [2.45, 2.75) is 51.5 Å². The summed E-state index contributed by atoms with van der Waals surface area (Å²) < 4.78 is 44.1. The average Bonchev–Trinajstić information content (AvgIpc) is 3.17. The number of carbonyl (C=O) groups is 3. The number of ether oxygens (including phenoxy) is 1. The lowest BCUT2D eigenvalue weighted by molar-refractivity contribution is -0.153. The molecule has 1 fully saturated rings. The number of aromatic nitrogens is 3. The van der Waals surface area contributed by atoms with E-state index in [0.717, 1.165) is 0 Å². The second-order valence-corrected chi connectivity index (χ2v) is 9.12. The first-order valence-electron chi connectivity index (χ1n) is 11.3. The second-order valence-electron chi connectivity index (χ2n) is 8.68. The molecule has 1 saturated heterocycles. The number of alkyl halides is 3. The van der Waals surface area contributed by atoms with Gasteiger partial charge in [-0.05, 0) is 38.8 Å². The Morgan fingerprint density at radius 3 is 2.46 bits per heavy atom. The van der Waals surface area contributed by atoms with E-state index in [1.165, 1.54) is 18.3 Å². The maximum atomic E-state index is 13.2. The zero-order valence-electron chi connectivity index (χ0n) is 20.0. The van der Waals surface area contributed by atoms with Crippen LogP contribution in [0.15, 0.2) is 18.3 Å². The smallest absolute Gasteiger partial charge is 0.422 e. The zero-order chi connectivity index (χ0) is 27.3. The number of anilines is 1. The van der Waals surface area contributed by atoms with E-state index in [0.29, 0.717) is 41.7 Å². The summed E-state index contributed by atoms with van der Waals surface area (Å²) in [5, 5.41) is 18.7. The van der Waals surface area contributed by atoms with Gasteiger partial charge in [0.15, 0.2) is 18.1 Å². The summed E-state index contributed by atoms with van der Waals surface area (Å²) in [6.07, 6.45) is -2.39. The van der Waals surface area contributed by atoms with Gasteiger partial charge in [0, 0.05) is 31.4 Å². The molecule has 1 aliphatic heterocycles. The molecule has 1 aliphatic rings. The number of halogens is 4. The van der Waals surface area contributed by atoms with Crippen LogP contribution in [-0.2, 0) is 11.3 Å². The van der Waals surface area contributed by atoms with Crippen LogP contribution in [0.4, 0.5) is 19.0 Å². The predicted molar refractivity (Wildman–Crippen MR) is 126 cm³/mol. The van der Waals surface area contributed by atoms with Gasteiger partial charge in [0.2, 0.25) is 11.6 Å². The third-order valence-electron chi connectivity index (χ3n) is 5.59. The van der Waals surface area contributed by atoms with Crippen molar-refractivity contribution >= 4 is 35.2 Å². The molecule has 2 aromatic heterocycles. The van der Waals surface area contributed by atoms with Gasteiger partial charge >= 0.3 is 12.1 Å². The van der Waals surface area contributed by atoms with Crippen LogP contribution >= 0.6 is 11.6 Å². The molecule has 0 saturated carbocycles. The maximum absolute atomic E-state index is 13.2. The van der Waals surface area contributed by atoms with Gasteiger partial charge in [0.1, 0.15) is 12.4 Å². The molecule has 0 atom stereocenters. The minimum absolute atomic E-state index is 0.108. The molecule has 11 nitrogen and oxygen atoms in total. The van der Waals surface area contributed by atoms with Crippen molar-refractivity contribution in [1.82, 2.24) is 25.0 Å². The first-order chi connectivity index (χ1) is 17.3. The van der Waals surface area contributed by atoms with Gasteiger partial charge in [-0.15, -0.1) is 0 Å². The Kier molecular flexibility index (Phi) is 8.97. The Morgan fingerprint density at radius 1 is 1.24 bits per heavy atom. The first kappa shape index (κ1) is 28.2. The number of pyridine rings is 1. The molecule has 15 heteroatoms. The van der Waals surface area contributed by atoms with E-state index in [-0.39, 0.29) is 11.9 Å². The van der Waals surface area contributed by atoms with Crippen molar-refractivity contribution in [3.8, 4) is 5.75 Å². The number of hydrogen-bond acceptors (Lipinski definition) is 7. The Morgan fingerprint density at radius 2 is 1.92 bits per heavy atom. The highest BCUT2D eigenvalue weighted by Gasteiger charge is 2.35. The molecular formula is C22H26ClF3N6O5. The van der Waals surface area contributed by atoms with Crippen LogP contribution < -0.4 is 15.4 Å². The normalized spacial score (nSPS) is 15.0. The summed E-state index contributed by atoms with van der Waals surface area (Å²) in [5.74, 6) is -4.17. The van der Waals surface area contributed by atoms with Gasteiger partial charge < -0.3 is 25.4 Å². The van der Waals surface area contributed by atoms with Crippen LogP contribution in [0.25, 0.3) is 0 Å². The molecule has 0 radical (unpaired) electrons. The fourth-order valence-corrected chi connectivity index (χ4v) is 3.90. The minimum Gasteiger partial charge on any atom is -0.479 e. The molecule has 0 bridgehead atoms. The largest absolute Gasteiger partial charge is 0.479 e. The molecule has 2 amide bonds. The number of aromatic carboxylic acids is 1. The van der Waals surface area contributed by atoms with E-state index in [4.69, 9.17) is 16.3 Å². The van der Waals surface area contributed by atoms with Crippen LogP contribution in [0.1, 0.15) is 47.7 Å². The number of nitrogens with zero attached hydrogens (tertiary/aromatic N) is 4. The van der Waals surface area contributed by atoms with Crippen molar-refractivity contribution in [2.75, 3.05) is 25.0 Å². The van der Waals surface area contributed by atoms with Crippen LogP contribution in [0.5, 0.6) is 5.75 Å². The van der Waals surface area contributed by atoms with Crippen molar-refractivity contribution in [1.29, 1.82) is 0 Å². The summed E-state index contributed by atoms with van der Waals surface area (Å²) in [7, 11) is 0. The number of carboxylic acids is 1. The van der Waals surface area contributed by atoms with Gasteiger partial charge in [-0.25, -0.2) is 14.5 Å². The second kappa shape index (κ2) is 11.8. The fraction of sp³-hybridized carbons (Fsp3) is 0.500. The fourth-order valence-electron chi connectivity index (χ4n) is 3.79. The Balaban J connectivity index is 1.88. The average molecular weight is 547 g/mol. The van der Waals surface area contributed by atoms with Crippen LogP contribution in [-0.4, -0.2) is 80.5 Å². The van der Waals surface area contributed by atoms with E-state index in [9.17, 15) is 32.7 Å². The standard InChI is InChI=1S/C22H26ClF3N6O5/c1-12(2)31-7-5-14(6-8-31)28-20(34)18-19(37-11-22(24,25)26)17(21(35)36)30-32(18)10-16(33)29-15-4-3-13(23)9-27-15/h3-4,9,12,14H,5-8,10-11H2,1-2H3,(H,28,34)(H,35,36)(H,27,29,33). The Hall–Kier alpha value is -3.39. The predicted octanol–water partition coefficient (Wildman–Crippen LogP) is 2.81. The quantitative estimate of drug-likeness (QED) is 0.436. The third-order valence-corrected chi connectivity index (χ3v) is 5.81. The minimum atomic E-state index is -4.81. The third kappa shape index (κ3) is 7.79. The lowest BCUT2D eigenvalue weighted by atomic mass is 10.0. The van der Waals surface area contributed by atoms with Crippen LogP contribution in [0, 0.1) is 0 Å². The molecule has 0 aliphatic carbocycles. The van der Waals surface area contributed by atoms with Crippen molar-refractivity contribution in [3.63, 3.8) is 0 Å². The van der Waals surface area contributed by atoms with E-state index in [1.807, 2.05) is 13.8 Å². The number of carboxylic acid groups (broad SMARTS) is 1. The van der Waals surface area contributed by atoms with Crippen molar-refractivity contribution in [2.24, 2.45) is 0 Å². The summed E-state index contributed by atoms with van der Waals surface area (Å²) >= 11 is 5.76. The summed E-state index contributed by atoms with van der Waals surface area (Å²) in [5.41, 5.74) is -1.53. The van der Waals surface area contributed by atoms with Crippen molar-refractivity contribution < 1.29 is 37.4 Å². The summed E-state index contributed by atoms with van der Waals surface area (Å²) in [6.45, 7) is 2.91. The number of nitrogens with one attached hydrogen (secondary N) is 2. The van der Waals surface area contributed by atoms with E-state index in [1.54, 1.807) is 0 Å². The molecular weight excluding hydrogens is 521 g/mol. The van der Waals surface area contributed by atoms with Gasteiger partial charge in [0.05, 0.1) is 5.02 Å². The van der Waals surface area contributed by atoms with Crippen LogP contribution in [0.3, 0.4) is 0 Å². The SMILES string of the molecule is CC(C)N1CCC(NC(=O)c2c(OCC(F)(F)F)c(C(=O)O)nn2CC(=O)Nc2ccc(Cl)cn2)CC1. The zero-order valence-corrected chi connectivity index (χ0v) is 20.8.